The van der Waals surface area contributed by atoms with Crippen LogP contribution in [0.5, 0.6) is 0 Å². The van der Waals surface area contributed by atoms with Crippen molar-refractivity contribution < 1.29 is 0 Å². The fourth-order valence-electron chi connectivity index (χ4n) is 3.00. The number of nitrogens with zero attached hydrogens (tertiary/aromatic N) is 1. The lowest BCUT2D eigenvalue weighted by molar-refractivity contribution is 0.115. The maximum Gasteiger partial charge on any atom is 0.113 e. The molecule has 1 saturated carbocycles. The Morgan fingerprint density at radius 1 is 1.44 bits per heavy atom. The van der Waals surface area contributed by atoms with Crippen molar-refractivity contribution in [2.24, 2.45) is 17.1 Å². The number of aryl methyl sites for hydroxylation is 1. The predicted molar refractivity (Wildman–Crippen MR) is 78.7 cm³/mol. The molecule has 0 bridgehead atoms. The van der Waals surface area contributed by atoms with Crippen LogP contribution in [-0.2, 0) is 5.54 Å². The molecule has 0 saturated heterocycles. The van der Waals surface area contributed by atoms with Gasteiger partial charge in [0.15, 0.2) is 0 Å². The molecule has 3 heteroatoms. The molecule has 1 aliphatic rings. The minimum atomic E-state index is -0.154. The van der Waals surface area contributed by atoms with E-state index >= 15 is 0 Å². The number of hydrogen-bond acceptors (Lipinski definition) is 3. The average molecular weight is 266 g/mol. The first-order valence-electron chi connectivity index (χ1n) is 7.09. The lowest BCUT2D eigenvalue weighted by atomic mass is 9.66. The molecule has 1 aromatic heterocycles. The molecular weight excluding hydrogens is 240 g/mol. The van der Waals surface area contributed by atoms with Gasteiger partial charge in [-0.2, -0.15) is 0 Å². The van der Waals surface area contributed by atoms with Gasteiger partial charge < -0.3 is 5.73 Å². The average Bonchev–Trinajstić information content (AvgIpc) is 2.77. The first kappa shape index (κ1) is 14.0. The van der Waals surface area contributed by atoms with E-state index in [0.29, 0.717) is 5.41 Å². The first-order chi connectivity index (χ1) is 8.37. The van der Waals surface area contributed by atoms with Gasteiger partial charge in [0.25, 0.3) is 0 Å². The second kappa shape index (κ2) is 4.93. The predicted octanol–water partition coefficient (Wildman–Crippen LogP) is 4.23. The van der Waals surface area contributed by atoms with Gasteiger partial charge in [-0.25, -0.2) is 4.98 Å². The third-order valence-electron chi connectivity index (χ3n) is 4.94. The molecule has 0 atom stereocenters. The highest BCUT2D eigenvalue weighted by atomic mass is 32.1. The van der Waals surface area contributed by atoms with Crippen molar-refractivity contribution in [2.75, 3.05) is 0 Å². The number of hydrogen-bond donors (Lipinski definition) is 1. The summed E-state index contributed by atoms with van der Waals surface area (Å²) in [6.07, 6.45) is 7.89. The van der Waals surface area contributed by atoms with E-state index in [1.807, 2.05) is 6.20 Å². The third-order valence-corrected chi connectivity index (χ3v) is 6.07. The third kappa shape index (κ3) is 2.62. The molecule has 18 heavy (non-hydrogen) atoms. The molecule has 0 spiro atoms. The maximum absolute atomic E-state index is 6.59. The zero-order valence-corrected chi connectivity index (χ0v) is 12.9. The Labute approximate surface area is 115 Å². The Hall–Kier alpha value is -0.410. The molecule has 1 heterocycles. The van der Waals surface area contributed by atoms with Crippen molar-refractivity contribution >= 4 is 11.3 Å². The van der Waals surface area contributed by atoms with E-state index in [2.05, 4.69) is 32.7 Å². The van der Waals surface area contributed by atoms with E-state index in [1.54, 1.807) is 11.3 Å². The zero-order valence-electron chi connectivity index (χ0n) is 12.1. The number of nitrogens with two attached hydrogens (primary N) is 1. The molecule has 1 aromatic rings. The van der Waals surface area contributed by atoms with E-state index in [0.717, 1.165) is 23.8 Å². The van der Waals surface area contributed by atoms with E-state index in [1.165, 1.54) is 24.1 Å². The van der Waals surface area contributed by atoms with Crippen LogP contribution in [0, 0.1) is 18.3 Å². The highest BCUT2D eigenvalue weighted by Crippen LogP contribution is 2.46. The van der Waals surface area contributed by atoms with Crippen LogP contribution in [0.15, 0.2) is 6.20 Å². The molecule has 2 nitrogen and oxygen atoms in total. The van der Waals surface area contributed by atoms with Gasteiger partial charge in [-0.1, -0.05) is 27.2 Å². The van der Waals surface area contributed by atoms with Crippen LogP contribution in [0.4, 0.5) is 0 Å². The van der Waals surface area contributed by atoms with Crippen molar-refractivity contribution in [1.29, 1.82) is 0 Å². The molecule has 102 valence electrons. The van der Waals surface area contributed by atoms with Crippen molar-refractivity contribution in [3.8, 4) is 0 Å². The Morgan fingerprint density at radius 2 is 2.06 bits per heavy atom. The van der Waals surface area contributed by atoms with Gasteiger partial charge in [0.1, 0.15) is 5.01 Å². The highest BCUT2D eigenvalue weighted by Gasteiger charge is 2.39. The Morgan fingerprint density at radius 3 is 2.50 bits per heavy atom. The molecule has 1 fully saturated rings. The quantitative estimate of drug-likeness (QED) is 0.889. The van der Waals surface area contributed by atoms with Crippen LogP contribution in [0.1, 0.15) is 62.8 Å². The minimum Gasteiger partial charge on any atom is -0.319 e. The van der Waals surface area contributed by atoms with Gasteiger partial charge >= 0.3 is 0 Å². The number of thiazole rings is 1. The zero-order chi connectivity index (χ0) is 13.4. The lowest BCUT2D eigenvalue weighted by Crippen LogP contribution is -2.42. The largest absolute Gasteiger partial charge is 0.319 e. The summed E-state index contributed by atoms with van der Waals surface area (Å²) in [6, 6.07) is 0. The van der Waals surface area contributed by atoms with Gasteiger partial charge in [-0.3, -0.25) is 0 Å². The molecule has 0 radical (unpaired) electrons. The second-order valence-electron chi connectivity index (χ2n) is 6.55. The van der Waals surface area contributed by atoms with E-state index in [4.69, 9.17) is 5.73 Å². The monoisotopic (exact) mass is 266 g/mol. The second-order valence-corrected chi connectivity index (χ2v) is 7.78. The maximum atomic E-state index is 6.59. The van der Waals surface area contributed by atoms with Gasteiger partial charge in [0.2, 0.25) is 0 Å². The summed E-state index contributed by atoms with van der Waals surface area (Å²) in [5.74, 6) is 0.820. The van der Waals surface area contributed by atoms with Crippen LogP contribution in [0.25, 0.3) is 0 Å². The molecular formula is C15H26N2S. The van der Waals surface area contributed by atoms with Gasteiger partial charge in [0.05, 0.1) is 5.54 Å². The van der Waals surface area contributed by atoms with Crippen LogP contribution in [0.3, 0.4) is 0 Å². The van der Waals surface area contributed by atoms with Crippen molar-refractivity contribution in [1.82, 2.24) is 4.98 Å². The summed E-state index contributed by atoms with van der Waals surface area (Å²) in [7, 11) is 0. The summed E-state index contributed by atoms with van der Waals surface area (Å²) in [4.78, 5) is 5.78. The van der Waals surface area contributed by atoms with Crippen LogP contribution >= 0.6 is 11.3 Å². The van der Waals surface area contributed by atoms with E-state index < -0.39 is 0 Å². The van der Waals surface area contributed by atoms with Gasteiger partial charge in [0, 0.05) is 11.1 Å². The highest BCUT2D eigenvalue weighted by molar-refractivity contribution is 7.11. The van der Waals surface area contributed by atoms with Crippen molar-refractivity contribution in [2.45, 2.75) is 65.3 Å². The lowest BCUT2D eigenvalue weighted by Gasteiger charge is -2.42. The molecule has 0 aromatic carbocycles. The smallest absolute Gasteiger partial charge is 0.113 e. The number of rotatable bonds is 3. The summed E-state index contributed by atoms with van der Waals surface area (Å²) < 4.78 is 0. The molecule has 2 rings (SSSR count). The van der Waals surface area contributed by atoms with Crippen molar-refractivity contribution in [3.63, 3.8) is 0 Å². The topological polar surface area (TPSA) is 38.9 Å². The molecule has 0 amide bonds. The minimum absolute atomic E-state index is 0.154. The van der Waals surface area contributed by atoms with Crippen LogP contribution < -0.4 is 5.73 Å². The Kier molecular flexibility index (Phi) is 3.84. The van der Waals surface area contributed by atoms with Gasteiger partial charge in [-0.05, 0) is 43.9 Å². The normalized spacial score (nSPS) is 29.5. The molecule has 2 N–H and O–H groups in total. The SMILES string of the molecule is CCC(C)(C)C1CCC(N)(c2ncc(C)s2)CC1. The summed E-state index contributed by atoms with van der Waals surface area (Å²) in [5, 5.41) is 1.15. The summed E-state index contributed by atoms with van der Waals surface area (Å²) in [5.41, 5.74) is 6.89. The van der Waals surface area contributed by atoms with E-state index in [-0.39, 0.29) is 5.54 Å². The summed E-state index contributed by atoms with van der Waals surface area (Å²) in [6.45, 7) is 9.20. The Bertz CT molecular complexity index is 400. The Balaban J connectivity index is 2.06. The molecule has 0 unspecified atom stereocenters. The molecule has 0 aliphatic heterocycles. The van der Waals surface area contributed by atoms with Crippen LogP contribution in [-0.4, -0.2) is 4.98 Å². The fraction of sp³-hybridized carbons (Fsp3) is 0.800. The molecule has 1 aliphatic carbocycles. The first-order valence-corrected chi connectivity index (χ1v) is 7.91. The van der Waals surface area contributed by atoms with E-state index in [9.17, 15) is 0 Å². The van der Waals surface area contributed by atoms with Crippen LogP contribution in [0.2, 0.25) is 0 Å². The summed E-state index contributed by atoms with van der Waals surface area (Å²) >= 11 is 1.77. The fourth-order valence-corrected chi connectivity index (χ4v) is 3.93. The number of aromatic nitrogens is 1. The standard InChI is InChI=1S/C15H26N2S/c1-5-14(3,4)12-6-8-15(16,9-7-12)13-17-10-11(2)18-13/h10,12H,5-9,16H2,1-4H3. The van der Waals surface area contributed by atoms with Crippen molar-refractivity contribution in [3.05, 3.63) is 16.1 Å². The van der Waals surface area contributed by atoms with Gasteiger partial charge in [-0.15, -0.1) is 11.3 Å².